The number of hydrogen-bond acceptors (Lipinski definition) is 4. The van der Waals surface area contributed by atoms with Crippen LogP contribution in [0.5, 0.6) is 5.75 Å². The van der Waals surface area contributed by atoms with Gasteiger partial charge in [-0.1, -0.05) is 0 Å². The molecular weight excluding hydrogens is 182 g/mol. The van der Waals surface area contributed by atoms with E-state index in [1.54, 1.807) is 12.1 Å². The lowest BCUT2D eigenvalue weighted by Crippen LogP contribution is -1.89. The van der Waals surface area contributed by atoms with Crippen LogP contribution in [0.25, 0.3) is 0 Å². The van der Waals surface area contributed by atoms with Gasteiger partial charge in [-0.05, 0) is 43.7 Å². The van der Waals surface area contributed by atoms with Crippen LogP contribution in [0.2, 0.25) is 0 Å². The molecule has 4 nitrogen and oxygen atoms in total. The average Bonchev–Trinajstić information content (AvgIpc) is 2.20. The Kier molecular flexibility index (Phi) is 6.36. The summed E-state index contributed by atoms with van der Waals surface area (Å²) in [6.07, 6.45) is 1.81. The van der Waals surface area contributed by atoms with Crippen molar-refractivity contribution in [3.05, 3.63) is 29.8 Å². The lowest BCUT2D eigenvalue weighted by molar-refractivity contribution is -0.176. The van der Waals surface area contributed by atoms with Crippen LogP contribution in [0.4, 0.5) is 0 Å². The molecule has 0 saturated carbocycles. The van der Waals surface area contributed by atoms with E-state index >= 15 is 0 Å². The summed E-state index contributed by atoms with van der Waals surface area (Å²) in [5.74, 6) is 0.289. The number of rotatable bonds is 2. The zero-order valence-corrected chi connectivity index (χ0v) is 8.25. The molecule has 0 bridgehead atoms. The molecule has 0 radical (unpaired) electrons. The molecule has 0 aliphatic heterocycles. The minimum Gasteiger partial charge on any atom is -0.508 e. The molecule has 78 valence electrons. The molecule has 4 heteroatoms. The van der Waals surface area contributed by atoms with E-state index in [2.05, 4.69) is 4.99 Å². The molecule has 0 unspecified atom stereocenters. The van der Waals surface area contributed by atoms with E-state index in [4.69, 9.17) is 15.6 Å². The second kappa shape index (κ2) is 7.06. The number of hydrogen-bond donors (Lipinski definition) is 3. The van der Waals surface area contributed by atoms with E-state index in [1.165, 1.54) is 0 Å². The van der Waals surface area contributed by atoms with Crippen LogP contribution in [-0.4, -0.2) is 27.9 Å². The molecule has 0 saturated heterocycles. The molecule has 0 aromatic heterocycles. The molecule has 0 fully saturated rings. The monoisotopic (exact) mass is 197 g/mol. The van der Waals surface area contributed by atoms with Crippen LogP contribution >= 0.6 is 0 Å². The Morgan fingerprint density at radius 1 is 1.14 bits per heavy atom. The molecule has 14 heavy (non-hydrogen) atoms. The Hall–Kier alpha value is -1.39. The summed E-state index contributed by atoms with van der Waals surface area (Å²) in [5, 5.41) is 21.0. The fourth-order valence-electron chi connectivity index (χ4n) is 0.796. The van der Waals surface area contributed by atoms with Gasteiger partial charge in [-0.2, -0.15) is 0 Å². The van der Waals surface area contributed by atoms with Gasteiger partial charge in [-0.15, -0.1) is 0 Å². The van der Waals surface area contributed by atoms with E-state index < -0.39 is 0 Å². The third-order valence-electron chi connectivity index (χ3n) is 1.41. The number of aromatic hydroxyl groups is 1. The molecule has 0 heterocycles. The third-order valence-corrected chi connectivity index (χ3v) is 1.41. The number of nitrogens with zero attached hydrogens (tertiary/aromatic N) is 1. The molecule has 0 aliphatic rings. The van der Waals surface area contributed by atoms with Gasteiger partial charge in [-0.3, -0.25) is 15.5 Å². The Labute approximate surface area is 83.1 Å². The first-order valence-corrected chi connectivity index (χ1v) is 4.20. The van der Waals surface area contributed by atoms with Gasteiger partial charge in [0.2, 0.25) is 0 Å². The standard InChI is InChI=1S/C10H13NO.H2O2/c1-8(2)11-7-9-3-5-10(12)6-4-9;1-2/h3-8,12H,1-2H3;1-2H. The lowest BCUT2D eigenvalue weighted by Gasteiger charge is -1.95. The topological polar surface area (TPSA) is 73.1 Å². The molecule has 0 amide bonds. The molecule has 0 spiro atoms. The van der Waals surface area contributed by atoms with Gasteiger partial charge < -0.3 is 5.11 Å². The quantitative estimate of drug-likeness (QED) is 0.386. The van der Waals surface area contributed by atoms with Crippen molar-refractivity contribution in [1.82, 2.24) is 0 Å². The van der Waals surface area contributed by atoms with Crippen LogP contribution in [0, 0.1) is 0 Å². The molecule has 1 rings (SSSR count). The van der Waals surface area contributed by atoms with Crippen molar-refractivity contribution < 1.29 is 15.6 Å². The Balaban J connectivity index is 0.000000791. The largest absolute Gasteiger partial charge is 0.508 e. The highest BCUT2D eigenvalue weighted by atomic mass is 17.0. The molecule has 1 aromatic rings. The number of phenolic OH excluding ortho intramolecular Hbond substituents is 1. The predicted molar refractivity (Wildman–Crippen MR) is 56.1 cm³/mol. The molecule has 0 aliphatic carbocycles. The number of aliphatic imine (C=N–C) groups is 1. The zero-order chi connectivity index (χ0) is 11.0. The fraction of sp³-hybridized carbons (Fsp3) is 0.300. The summed E-state index contributed by atoms with van der Waals surface area (Å²) in [7, 11) is 0. The minimum absolute atomic E-state index is 0.289. The van der Waals surface area contributed by atoms with Crippen molar-refractivity contribution in [2.24, 2.45) is 4.99 Å². The summed E-state index contributed by atoms with van der Waals surface area (Å²) in [6.45, 7) is 4.05. The first-order valence-electron chi connectivity index (χ1n) is 4.20. The van der Waals surface area contributed by atoms with E-state index in [0.717, 1.165) is 5.56 Å². The van der Waals surface area contributed by atoms with Crippen LogP contribution in [0.1, 0.15) is 19.4 Å². The lowest BCUT2D eigenvalue weighted by atomic mass is 10.2. The SMILES string of the molecule is CC(C)N=Cc1ccc(O)cc1.OO. The zero-order valence-electron chi connectivity index (χ0n) is 8.25. The smallest absolute Gasteiger partial charge is 0.115 e. The van der Waals surface area contributed by atoms with Gasteiger partial charge in [-0.25, -0.2) is 0 Å². The van der Waals surface area contributed by atoms with Crippen molar-refractivity contribution in [1.29, 1.82) is 0 Å². The molecule has 1 aromatic carbocycles. The van der Waals surface area contributed by atoms with Crippen LogP contribution in [-0.2, 0) is 0 Å². The summed E-state index contributed by atoms with van der Waals surface area (Å²) in [5.41, 5.74) is 1.02. The summed E-state index contributed by atoms with van der Waals surface area (Å²) in [6, 6.07) is 7.30. The van der Waals surface area contributed by atoms with Crippen molar-refractivity contribution in [3.63, 3.8) is 0 Å². The summed E-state index contributed by atoms with van der Waals surface area (Å²) < 4.78 is 0. The number of phenols is 1. The Morgan fingerprint density at radius 3 is 2.07 bits per heavy atom. The molecule has 3 N–H and O–H groups in total. The van der Waals surface area contributed by atoms with E-state index in [-0.39, 0.29) is 5.75 Å². The minimum atomic E-state index is 0.289. The molecule has 0 atom stereocenters. The van der Waals surface area contributed by atoms with Crippen LogP contribution in [0.3, 0.4) is 0 Å². The predicted octanol–water partition coefficient (Wildman–Crippen LogP) is 2.24. The maximum Gasteiger partial charge on any atom is 0.115 e. The highest BCUT2D eigenvalue weighted by molar-refractivity contribution is 5.79. The van der Waals surface area contributed by atoms with Gasteiger partial charge >= 0.3 is 0 Å². The fourth-order valence-corrected chi connectivity index (χ4v) is 0.796. The second-order valence-electron chi connectivity index (χ2n) is 2.96. The van der Waals surface area contributed by atoms with Crippen LogP contribution < -0.4 is 0 Å². The Morgan fingerprint density at radius 2 is 1.64 bits per heavy atom. The average molecular weight is 197 g/mol. The highest BCUT2D eigenvalue weighted by Gasteiger charge is 1.89. The summed E-state index contributed by atoms with van der Waals surface area (Å²) >= 11 is 0. The Bertz CT molecular complexity index is 267. The maximum atomic E-state index is 8.99. The van der Waals surface area contributed by atoms with Gasteiger partial charge in [0, 0.05) is 12.3 Å². The summed E-state index contributed by atoms with van der Waals surface area (Å²) in [4.78, 5) is 4.22. The van der Waals surface area contributed by atoms with Gasteiger partial charge in [0.05, 0.1) is 0 Å². The van der Waals surface area contributed by atoms with Crippen molar-refractivity contribution in [2.75, 3.05) is 0 Å². The van der Waals surface area contributed by atoms with Gasteiger partial charge in [0.15, 0.2) is 0 Å². The van der Waals surface area contributed by atoms with E-state index in [9.17, 15) is 0 Å². The highest BCUT2D eigenvalue weighted by Crippen LogP contribution is 2.07. The van der Waals surface area contributed by atoms with Gasteiger partial charge in [0.25, 0.3) is 0 Å². The van der Waals surface area contributed by atoms with Crippen molar-refractivity contribution in [3.8, 4) is 5.75 Å². The molecular formula is C10H15NO3. The van der Waals surface area contributed by atoms with Crippen LogP contribution in [0.15, 0.2) is 29.3 Å². The van der Waals surface area contributed by atoms with Crippen molar-refractivity contribution >= 4 is 6.21 Å². The second-order valence-corrected chi connectivity index (χ2v) is 2.96. The van der Waals surface area contributed by atoms with Gasteiger partial charge in [0.1, 0.15) is 5.75 Å². The maximum absolute atomic E-state index is 8.99. The number of benzene rings is 1. The van der Waals surface area contributed by atoms with E-state index in [0.29, 0.717) is 6.04 Å². The first-order chi connectivity index (χ1) is 6.68. The normalized spacial score (nSPS) is 10.1. The third kappa shape index (κ3) is 5.29. The van der Waals surface area contributed by atoms with E-state index in [1.807, 2.05) is 32.2 Å². The first kappa shape index (κ1) is 12.6. The van der Waals surface area contributed by atoms with Crippen molar-refractivity contribution in [2.45, 2.75) is 19.9 Å².